The van der Waals surface area contributed by atoms with E-state index in [1.54, 1.807) is 0 Å². The van der Waals surface area contributed by atoms with E-state index in [0.29, 0.717) is 5.92 Å². The Labute approximate surface area is 105 Å². The van der Waals surface area contributed by atoms with Gasteiger partial charge in [-0.3, -0.25) is 0 Å². The predicted molar refractivity (Wildman–Crippen MR) is 74.2 cm³/mol. The Morgan fingerprint density at radius 3 is 3.06 bits per heavy atom. The normalized spacial score (nSPS) is 21.6. The first-order chi connectivity index (χ1) is 8.29. The van der Waals surface area contributed by atoms with E-state index >= 15 is 0 Å². The molecule has 1 atom stereocenters. The van der Waals surface area contributed by atoms with Gasteiger partial charge in [0.2, 0.25) is 0 Å². The van der Waals surface area contributed by atoms with E-state index in [2.05, 4.69) is 30.0 Å². The molecule has 1 heterocycles. The SMILES string of the molecule is CCCCN1CCCC(c2cccc(N)c2)C1. The van der Waals surface area contributed by atoms with Crippen molar-refractivity contribution in [3.05, 3.63) is 29.8 Å². The molecule has 1 aliphatic rings. The third-order valence-corrected chi connectivity index (χ3v) is 3.72. The van der Waals surface area contributed by atoms with Crippen molar-refractivity contribution in [2.45, 2.75) is 38.5 Å². The molecule has 2 rings (SSSR count). The lowest BCUT2D eigenvalue weighted by Gasteiger charge is -2.33. The van der Waals surface area contributed by atoms with E-state index in [4.69, 9.17) is 5.73 Å². The van der Waals surface area contributed by atoms with Gasteiger partial charge in [0.15, 0.2) is 0 Å². The third-order valence-electron chi connectivity index (χ3n) is 3.72. The fraction of sp³-hybridized carbons (Fsp3) is 0.600. The molecule has 94 valence electrons. The van der Waals surface area contributed by atoms with Crippen LogP contribution in [0.25, 0.3) is 0 Å². The minimum Gasteiger partial charge on any atom is -0.399 e. The molecular weight excluding hydrogens is 208 g/mol. The van der Waals surface area contributed by atoms with Gasteiger partial charge in [0.1, 0.15) is 0 Å². The van der Waals surface area contributed by atoms with Crippen LogP contribution in [0.2, 0.25) is 0 Å². The molecule has 1 aromatic carbocycles. The lowest BCUT2D eigenvalue weighted by atomic mass is 9.90. The monoisotopic (exact) mass is 232 g/mol. The van der Waals surface area contributed by atoms with Crippen LogP contribution in [-0.4, -0.2) is 24.5 Å². The Bertz CT molecular complexity index is 349. The van der Waals surface area contributed by atoms with E-state index in [0.717, 1.165) is 5.69 Å². The van der Waals surface area contributed by atoms with Gasteiger partial charge in [-0.05, 0) is 56.0 Å². The molecule has 2 N–H and O–H groups in total. The molecule has 1 saturated heterocycles. The molecule has 0 bridgehead atoms. The quantitative estimate of drug-likeness (QED) is 0.807. The number of hydrogen-bond acceptors (Lipinski definition) is 2. The van der Waals surface area contributed by atoms with Crippen LogP contribution in [0.5, 0.6) is 0 Å². The van der Waals surface area contributed by atoms with E-state index in [-0.39, 0.29) is 0 Å². The number of rotatable bonds is 4. The number of unbranched alkanes of at least 4 members (excludes halogenated alkanes) is 1. The fourth-order valence-electron chi connectivity index (χ4n) is 2.73. The zero-order chi connectivity index (χ0) is 12.1. The van der Waals surface area contributed by atoms with Gasteiger partial charge in [-0.1, -0.05) is 25.5 Å². The summed E-state index contributed by atoms with van der Waals surface area (Å²) in [6, 6.07) is 8.43. The summed E-state index contributed by atoms with van der Waals surface area (Å²) in [5.74, 6) is 0.684. The maximum Gasteiger partial charge on any atom is 0.0316 e. The van der Waals surface area contributed by atoms with Crippen molar-refractivity contribution >= 4 is 5.69 Å². The summed E-state index contributed by atoms with van der Waals surface area (Å²) in [6.45, 7) is 6.01. The summed E-state index contributed by atoms with van der Waals surface area (Å²) < 4.78 is 0. The smallest absolute Gasteiger partial charge is 0.0316 e. The van der Waals surface area contributed by atoms with Gasteiger partial charge in [-0.2, -0.15) is 0 Å². The first-order valence-corrected chi connectivity index (χ1v) is 6.87. The van der Waals surface area contributed by atoms with Crippen molar-refractivity contribution in [2.24, 2.45) is 0 Å². The summed E-state index contributed by atoms with van der Waals surface area (Å²) in [5, 5.41) is 0. The molecule has 0 radical (unpaired) electrons. The molecule has 2 heteroatoms. The number of benzene rings is 1. The van der Waals surface area contributed by atoms with Crippen LogP contribution in [0, 0.1) is 0 Å². The summed E-state index contributed by atoms with van der Waals surface area (Å²) in [5.41, 5.74) is 8.19. The van der Waals surface area contributed by atoms with Gasteiger partial charge >= 0.3 is 0 Å². The molecule has 0 amide bonds. The molecule has 0 aliphatic carbocycles. The van der Waals surface area contributed by atoms with E-state index in [9.17, 15) is 0 Å². The molecule has 1 unspecified atom stereocenters. The number of piperidine rings is 1. The first-order valence-electron chi connectivity index (χ1n) is 6.87. The van der Waals surface area contributed by atoms with Crippen LogP contribution >= 0.6 is 0 Å². The van der Waals surface area contributed by atoms with E-state index < -0.39 is 0 Å². The Balaban J connectivity index is 1.97. The van der Waals surface area contributed by atoms with Gasteiger partial charge in [-0.15, -0.1) is 0 Å². The van der Waals surface area contributed by atoms with Crippen LogP contribution in [-0.2, 0) is 0 Å². The van der Waals surface area contributed by atoms with E-state index in [1.165, 1.54) is 50.9 Å². The highest BCUT2D eigenvalue weighted by molar-refractivity contribution is 5.42. The maximum atomic E-state index is 5.87. The highest BCUT2D eigenvalue weighted by Crippen LogP contribution is 2.27. The molecular formula is C15H24N2. The molecule has 0 spiro atoms. The molecule has 17 heavy (non-hydrogen) atoms. The summed E-state index contributed by atoms with van der Waals surface area (Å²) in [6.07, 6.45) is 5.25. The highest BCUT2D eigenvalue weighted by atomic mass is 15.1. The lowest BCUT2D eigenvalue weighted by Crippen LogP contribution is -2.35. The van der Waals surface area contributed by atoms with Crippen LogP contribution in [0.15, 0.2) is 24.3 Å². The third kappa shape index (κ3) is 3.47. The number of likely N-dealkylation sites (tertiary alicyclic amines) is 1. The van der Waals surface area contributed by atoms with Gasteiger partial charge in [0, 0.05) is 12.2 Å². The van der Waals surface area contributed by atoms with Crippen LogP contribution in [0.4, 0.5) is 5.69 Å². The topological polar surface area (TPSA) is 29.3 Å². The van der Waals surface area contributed by atoms with Crippen molar-refractivity contribution < 1.29 is 0 Å². The number of hydrogen-bond donors (Lipinski definition) is 1. The zero-order valence-corrected chi connectivity index (χ0v) is 10.9. The average molecular weight is 232 g/mol. The molecule has 1 aromatic rings. The summed E-state index contributed by atoms with van der Waals surface area (Å²) in [4.78, 5) is 2.61. The van der Waals surface area contributed by atoms with Crippen molar-refractivity contribution in [3.8, 4) is 0 Å². The molecule has 1 fully saturated rings. The average Bonchev–Trinajstić information content (AvgIpc) is 2.37. The summed E-state index contributed by atoms with van der Waals surface area (Å²) >= 11 is 0. The van der Waals surface area contributed by atoms with Gasteiger partial charge in [0.05, 0.1) is 0 Å². The fourth-order valence-corrected chi connectivity index (χ4v) is 2.73. The van der Waals surface area contributed by atoms with Crippen LogP contribution in [0.1, 0.15) is 44.1 Å². The Morgan fingerprint density at radius 2 is 2.29 bits per heavy atom. The highest BCUT2D eigenvalue weighted by Gasteiger charge is 2.20. The second-order valence-corrected chi connectivity index (χ2v) is 5.16. The molecule has 2 nitrogen and oxygen atoms in total. The Morgan fingerprint density at radius 1 is 1.41 bits per heavy atom. The molecule has 1 aliphatic heterocycles. The number of nitrogens with zero attached hydrogens (tertiary/aromatic N) is 1. The van der Waals surface area contributed by atoms with Gasteiger partial charge < -0.3 is 10.6 Å². The maximum absolute atomic E-state index is 5.87. The van der Waals surface area contributed by atoms with Crippen LogP contribution in [0.3, 0.4) is 0 Å². The number of anilines is 1. The van der Waals surface area contributed by atoms with Gasteiger partial charge in [0.25, 0.3) is 0 Å². The second kappa shape index (κ2) is 6.06. The Hall–Kier alpha value is -1.02. The second-order valence-electron chi connectivity index (χ2n) is 5.16. The van der Waals surface area contributed by atoms with Crippen LogP contribution < -0.4 is 5.73 Å². The zero-order valence-electron chi connectivity index (χ0n) is 10.9. The number of nitrogen functional groups attached to an aromatic ring is 1. The van der Waals surface area contributed by atoms with Crippen molar-refractivity contribution in [3.63, 3.8) is 0 Å². The van der Waals surface area contributed by atoms with Crippen molar-refractivity contribution in [1.29, 1.82) is 0 Å². The van der Waals surface area contributed by atoms with E-state index in [1.807, 2.05) is 6.07 Å². The summed E-state index contributed by atoms with van der Waals surface area (Å²) in [7, 11) is 0. The minimum absolute atomic E-state index is 0.684. The standard InChI is InChI=1S/C15H24N2/c1-2-3-9-17-10-5-7-14(12-17)13-6-4-8-15(16)11-13/h4,6,8,11,14H,2-3,5,7,9-10,12,16H2,1H3. The predicted octanol–water partition coefficient (Wildman–Crippen LogP) is 3.25. The number of nitrogens with two attached hydrogens (primary N) is 1. The lowest BCUT2D eigenvalue weighted by molar-refractivity contribution is 0.205. The molecule has 0 aromatic heterocycles. The first kappa shape index (κ1) is 12.4. The largest absolute Gasteiger partial charge is 0.399 e. The van der Waals surface area contributed by atoms with Crippen molar-refractivity contribution in [1.82, 2.24) is 4.90 Å². The van der Waals surface area contributed by atoms with Gasteiger partial charge in [-0.25, -0.2) is 0 Å². The minimum atomic E-state index is 0.684. The Kier molecular flexibility index (Phi) is 4.43. The molecule has 0 saturated carbocycles. The van der Waals surface area contributed by atoms with Crippen molar-refractivity contribution in [2.75, 3.05) is 25.4 Å².